The Hall–Kier alpha value is -2.14. The quantitative estimate of drug-likeness (QED) is 0.833. The zero-order valence-electron chi connectivity index (χ0n) is 9.37. The van der Waals surface area contributed by atoms with E-state index in [4.69, 9.17) is 10.8 Å². The summed E-state index contributed by atoms with van der Waals surface area (Å²) in [5.74, 6) is -1.08. The first-order chi connectivity index (χ1) is 8.08. The lowest BCUT2D eigenvalue weighted by atomic mass is 10.2. The lowest BCUT2D eigenvalue weighted by molar-refractivity contribution is -0.138. The third kappa shape index (κ3) is 2.34. The van der Waals surface area contributed by atoms with Crippen LogP contribution in [0.5, 0.6) is 0 Å². The van der Waals surface area contributed by atoms with Crippen LogP contribution in [0.2, 0.25) is 0 Å². The second-order valence-corrected chi connectivity index (χ2v) is 3.86. The molecular weight excluding hydrogens is 218 g/mol. The van der Waals surface area contributed by atoms with Crippen LogP contribution in [-0.2, 0) is 4.79 Å². The van der Waals surface area contributed by atoms with E-state index in [1.807, 2.05) is 31.2 Å². The summed E-state index contributed by atoms with van der Waals surface area (Å²) < 4.78 is 1.76. The van der Waals surface area contributed by atoms with Crippen molar-refractivity contribution in [1.82, 2.24) is 9.55 Å². The van der Waals surface area contributed by atoms with Gasteiger partial charge >= 0.3 is 5.97 Å². The average Bonchev–Trinajstić information content (AvgIpc) is 2.77. The molecule has 1 aromatic carbocycles. The number of imidazole rings is 1. The molecule has 2 aromatic rings. The molecule has 1 heterocycles. The fourth-order valence-corrected chi connectivity index (χ4v) is 1.55. The molecule has 1 unspecified atom stereocenters. The molecular formula is C12H13N3O2. The number of aromatic nitrogens is 2. The Morgan fingerprint density at radius 3 is 2.94 bits per heavy atom. The summed E-state index contributed by atoms with van der Waals surface area (Å²) in [5.41, 5.74) is 7.89. The molecule has 0 bridgehead atoms. The van der Waals surface area contributed by atoms with Crippen molar-refractivity contribution < 1.29 is 9.90 Å². The first-order valence-electron chi connectivity index (χ1n) is 5.17. The summed E-state index contributed by atoms with van der Waals surface area (Å²) in [4.78, 5) is 14.7. The lowest BCUT2D eigenvalue weighted by Gasteiger charge is -2.03. The van der Waals surface area contributed by atoms with Crippen LogP contribution >= 0.6 is 0 Å². The Kier molecular flexibility index (Phi) is 2.93. The molecule has 1 atom stereocenters. The summed E-state index contributed by atoms with van der Waals surface area (Å²) in [6.07, 6.45) is 3.19. The van der Waals surface area contributed by atoms with E-state index in [9.17, 15) is 4.79 Å². The second kappa shape index (κ2) is 4.39. The molecule has 0 aliphatic heterocycles. The van der Waals surface area contributed by atoms with Crippen molar-refractivity contribution in [1.29, 1.82) is 0 Å². The Morgan fingerprint density at radius 1 is 1.53 bits per heavy atom. The number of nitrogens with zero attached hydrogens (tertiary/aromatic N) is 2. The van der Waals surface area contributed by atoms with Gasteiger partial charge in [-0.1, -0.05) is 12.1 Å². The number of carboxylic acid groups (broad SMARTS) is 1. The number of hydrogen-bond acceptors (Lipinski definition) is 3. The van der Waals surface area contributed by atoms with Crippen LogP contribution in [0.15, 0.2) is 36.8 Å². The summed E-state index contributed by atoms with van der Waals surface area (Å²) in [7, 11) is 0. The number of nitrogens with two attached hydrogens (primary N) is 1. The van der Waals surface area contributed by atoms with Crippen LogP contribution in [0.1, 0.15) is 17.3 Å². The van der Waals surface area contributed by atoms with Gasteiger partial charge in [0.15, 0.2) is 0 Å². The van der Waals surface area contributed by atoms with E-state index >= 15 is 0 Å². The molecule has 88 valence electrons. The van der Waals surface area contributed by atoms with E-state index < -0.39 is 12.0 Å². The standard InChI is InChI=1S/C12H13N3O2/c1-8-3-2-4-9(5-8)15-6-10(14-7-15)11(13)12(16)17/h2-7,11H,13H2,1H3,(H,16,17). The summed E-state index contributed by atoms with van der Waals surface area (Å²) in [6.45, 7) is 1.99. The monoisotopic (exact) mass is 231 g/mol. The first kappa shape index (κ1) is 11.3. The zero-order valence-corrected chi connectivity index (χ0v) is 9.37. The smallest absolute Gasteiger partial charge is 0.326 e. The van der Waals surface area contributed by atoms with Gasteiger partial charge in [-0.05, 0) is 24.6 Å². The molecule has 0 amide bonds. The van der Waals surface area contributed by atoms with Crippen molar-refractivity contribution in [2.45, 2.75) is 13.0 Å². The molecule has 0 saturated carbocycles. The molecule has 0 aliphatic carbocycles. The topological polar surface area (TPSA) is 81.1 Å². The van der Waals surface area contributed by atoms with E-state index in [2.05, 4.69) is 4.98 Å². The number of aliphatic carboxylic acids is 1. The average molecular weight is 231 g/mol. The van der Waals surface area contributed by atoms with Gasteiger partial charge in [0.05, 0.1) is 12.0 Å². The Morgan fingerprint density at radius 2 is 2.29 bits per heavy atom. The van der Waals surface area contributed by atoms with Crippen molar-refractivity contribution >= 4 is 5.97 Å². The number of aryl methyl sites for hydroxylation is 1. The summed E-state index contributed by atoms with van der Waals surface area (Å²) >= 11 is 0. The van der Waals surface area contributed by atoms with Gasteiger partial charge in [-0.2, -0.15) is 0 Å². The second-order valence-electron chi connectivity index (χ2n) is 3.86. The minimum atomic E-state index is -1.08. The van der Waals surface area contributed by atoms with Crippen LogP contribution in [0.25, 0.3) is 5.69 Å². The van der Waals surface area contributed by atoms with Gasteiger partial charge in [0, 0.05) is 11.9 Å². The van der Waals surface area contributed by atoms with Gasteiger partial charge in [-0.25, -0.2) is 4.98 Å². The molecule has 1 aromatic heterocycles. The number of hydrogen-bond donors (Lipinski definition) is 2. The van der Waals surface area contributed by atoms with Crippen LogP contribution in [0, 0.1) is 6.92 Å². The van der Waals surface area contributed by atoms with Crippen LogP contribution in [0.4, 0.5) is 0 Å². The Labute approximate surface area is 98.5 Å². The molecule has 2 rings (SSSR count). The van der Waals surface area contributed by atoms with Crippen molar-refractivity contribution in [2.24, 2.45) is 5.73 Å². The summed E-state index contributed by atoms with van der Waals surface area (Å²) in [6, 6.07) is 6.75. The van der Waals surface area contributed by atoms with Gasteiger partial charge < -0.3 is 15.4 Å². The molecule has 0 radical (unpaired) electrons. The number of rotatable bonds is 3. The highest BCUT2D eigenvalue weighted by Crippen LogP contribution is 2.13. The highest BCUT2D eigenvalue weighted by molar-refractivity contribution is 5.74. The first-order valence-corrected chi connectivity index (χ1v) is 5.17. The fraction of sp³-hybridized carbons (Fsp3) is 0.167. The number of carboxylic acids is 1. The summed E-state index contributed by atoms with van der Waals surface area (Å²) in [5, 5.41) is 8.79. The molecule has 5 nitrogen and oxygen atoms in total. The van der Waals surface area contributed by atoms with Crippen molar-refractivity contribution in [3.63, 3.8) is 0 Å². The van der Waals surface area contributed by atoms with E-state index in [-0.39, 0.29) is 0 Å². The molecule has 5 heteroatoms. The highest BCUT2D eigenvalue weighted by atomic mass is 16.4. The minimum absolute atomic E-state index is 0.346. The molecule has 3 N–H and O–H groups in total. The van der Waals surface area contributed by atoms with Gasteiger partial charge in [-0.15, -0.1) is 0 Å². The van der Waals surface area contributed by atoms with Gasteiger partial charge in [0.2, 0.25) is 0 Å². The lowest BCUT2D eigenvalue weighted by Crippen LogP contribution is -2.20. The maximum absolute atomic E-state index is 10.7. The van der Waals surface area contributed by atoms with Gasteiger partial charge in [0.25, 0.3) is 0 Å². The van der Waals surface area contributed by atoms with Crippen LogP contribution in [-0.4, -0.2) is 20.6 Å². The predicted molar refractivity (Wildman–Crippen MR) is 62.9 cm³/mol. The maximum Gasteiger partial charge on any atom is 0.326 e. The number of carbonyl (C=O) groups is 1. The third-order valence-electron chi connectivity index (χ3n) is 2.49. The largest absolute Gasteiger partial charge is 0.480 e. The zero-order chi connectivity index (χ0) is 12.4. The SMILES string of the molecule is Cc1cccc(-n2cnc(C(N)C(=O)O)c2)c1. The highest BCUT2D eigenvalue weighted by Gasteiger charge is 2.17. The van der Waals surface area contributed by atoms with Crippen molar-refractivity contribution in [2.75, 3.05) is 0 Å². The van der Waals surface area contributed by atoms with E-state index in [0.29, 0.717) is 5.69 Å². The van der Waals surface area contributed by atoms with Gasteiger partial charge in [-0.3, -0.25) is 4.79 Å². The third-order valence-corrected chi connectivity index (χ3v) is 2.49. The molecule has 0 aliphatic rings. The fourth-order valence-electron chi connectivity index (χ4n) is 1.55. The van der Waals surface area contributed by atoms with E-state index in [1.165, 1.54) is 0 Å². The van der Waals surface area contributed by atoms with Crippen LogP contribution < -0.4 is 5.73 Å². The Balaban J connectivity index is 2.33. The Bertz CT molecular complexity index is 548. The van der Waals surface area contributed by atoms with Crippen LogP contribution in [0.3, 0.4) is 0 Å². The van der Waals surface area contributed by atoms with E-state index in [0.717, 1.165) is 11.3 Å². The van der Waals surface area contributed by atoms with Gasteiger partial charge in [0.1, 0.15) is 6.04 Å². The predicted octanol–water partition coefficient (Wildman–Crippen LogP) is 1.27. The molecule has 17 heavy (non-hydrogen) atoms. The number of benzene rings is 1. The molecule has 0 saturated heterocycles. The van der Waals surface area contributed by atoms with E-state index in [1.54, 1.807) is 17.1 Å². The normalized spacial score (nSPS) is 12.4. The molecule has 0 spiro atoms. The van der Waals surface area contributed by atoms with Crippen molar-refractivity contribution in [3.05, 3.63) is 48.0 Å². The molecule has 0 fully saturated rings. The minimum Gasteiger partial charge on any atom is -0.480 e. The maximum atomic E-state index is 10.7. The van der Waals surface area contributed by atoms with Crippen molar-refractivity contribution in [3.8, 4) is 5.69 Å².